The lowest BCUT2D eigenvalue weighted by molar-refractivity contribution is -0.141. The van der Waals surface area contributed by atoms with Crippen molar-refractivity contribution in [2.45, 2.75) is 82.2 Å². The van der Waals surface area contributed by atoms with Gasteiger partial charge in [0.1, 0.15) is 47.8 Å². The van der Waals surface area contributed by atoms with Gasteiger partial charge >= 0.3 is 0 Å². The predicted molar refractivity (Wildman–Crippen MR) is 242 cm³/mol. The van der Waals surface area contributed by atoms with Crippen LogP contribution in [0, 0.1) is 0 Å². The number of benzene rings is 4. The number of phenolic OH excluding ortho intramolecular Hbond substituents is 2. The number of carbonyl (C=O) groups is 7. The van der Waals surface area contributed by atoms with E-state index < -0.39 is 71.7 Å². The van der Waals surface area contributed by atoms with Gasteiger partial charge in [0.15, 0.2) is 0 Å². The second-order valence-corrected chi connectivity index (χ2v) is 16.7. The van der Waals surface area contributed by atoms with E-state index in [0.29, 0.717) is 42.9 Å². The summed E-state index contributed by atoms with van der Waals surface area (Å²) < 4.78 is 0. The van der Waals surface area contributed by atoms with Crippen molar-refractivity contribution in [2.24, 2.45) is 5.73 Å². The average molecular weight is 909 g/mol. The molecule has 10 N–H and O–H groups in total. The van der Waals surface area contributed by atoms with Gasteiger partial charge in [-0.15, -0.1) is 0 Å². The summed E-state index contributed by atoms with van der Waals surface area (Å²) in [6.45, 7) is 3.55. The number of nitrogens with zero attached hydrogens (tertiary/aromatic N) is 1. The van der Waals surface area contributed by atoms with Crippen molar-refractivity contribution in [3.63, 3.8) is 0 Å². The lowest BCUT2D eigenvalue weighted by Crippen LogP contribution is -2.58. The molecule has 1 saturated heterocycles. The summed E-state index contributed by atoms with van der Waals surface area (Å²) in [5.41, 5.74) is 8.64. The van der Waals surface area contributed by atoms with Crippen LogP contribution in [0.15, 0.2) is 84.9 Å². The lowest BCUT2D eigenvalue weighted by Gasteiger charge is -2.32. The number of hydrogen-bond donors (Lipinski definition) is 9. The topological polar surface area (TPSA) is 261 Å². The van der Waals surface area contributed by atoms with Gasteiger partial charge in [0.2, 0.25) is 35.4 Å². The fourth-order valence-electron chi connectivity index (χ4n) is 7.74. The van der Waals surface area contributed by atoms with Crippen molar-refractivity contribution in [3.8, 4) is 33.8 Å². The molecule has 2 aliphatic heterocycles. The molecule has 4 aromatic rings. The molecule has 342 valence electrons. The van der Waals surface area contributed by atoms with Crippen LogP contribution in [0.4, 0.5) is 0 Å². The molecule has 1 fully saturated rings. The summed E-state index contributed by atoms with van der Waals surface area (Å²) in [4.78, 5) is 96.6. The van der Waals surface area contributed by atoms with Crippen LogP contribution < -0.4 is 37.6 Å². The molecule has 0 radical (unpaired) electrons. The summed E-state index contributed by atoms with van der Waals surface area (Å²) >= 11 is 6.05. The van der Waals surface area contributed by atoms with Gasteiger partial charge in [0.25, 0.3) is 5.91 Å². The van der Waals surface area contributed by atoms with E-state index in [1.807, 2.05) is 12.1 Å². The Bertz CT molecular complexity index is 2450. The first-order valence-electron chi connectivity index (χ1n) is 21.3. The van der Waals surface area contributed by atoms with E-state index in [4.69, 9.17) is 17.3 Å². The Labute approximate surface area is 380 Å². The highest BCUT2D eigenvalue weighted by Gasteiger charge is 2.36. The first kappa shape index (κ1) is 47.5. The van der Waals surface area contributed by atoms with Gasteiger partial charge < -0.3 is 52.7 Å². The Morgan fingerprint density at radius 3 is 2.12 bits per heavy atom. The zero-order valence-corrected chi connectivity index (χ0v) is 36.9. The molecule has 0 unspecified atom stereocenters. The zero-order chi connectivity index (χ0) is 46.9. The molecule has 17 nitrogen and oxygen atoms in total. The van der Waals surface area contributed by atoms with E-state index in [9.17, 15) is 43.8 Å². The van der Waals surface area contributed by atoms with Crippen LogP contribution in [0.1, 0.15) is 67.1 Å². The highest BCUT2D eigenvalue weighted by atomic mass is 35.5. The van der Waals surface area contributed by atoms with Gasteiger partial charge in [0, 0.05) is 41.7 Å². The second kappa shape index (κ2) is 21.1. The molecule has 6 rings (SSSR count). The minimum Gasteiger partial charge on any atom is -0.507 e. The van der Waals surface area contributed by atoms with Crippen molar-refractivity contribution in [1.29, 1.82) is 0 Å². The van der Waals surface area contributed by atoms with E-state index in [2.05, 4.69) is 31.9 Å². The molecule has 65 heavy (non-hydrogen) atoms. The number of aromatic hydroxyl groups is 2. The number of likely N-dealkylation sites (N-methyl/N-ethyl adjacent to an activating group) is 1. The van der Waals surface area contributed by atoms with Gasteiger partial charge in [-0.3, -0.25) is 33.6 Å². The van der Waals surface area contributed by atoms with Gasteiger partial charge in [-0.05, 0) is 117 Å². The van der Waals surface area contributed by atoms with E-state index in [1.165, 1.54) is 57.3 Å². The molecule has 18 heteroatoms. The van der Waals surface area contributed by atoms with E-state index in [-0.39, 0.29) is 52.5 Å². The quantitative estimate of drug-likeness (QED) is 0.0886. The Balaban J connectivity index is 1.29. The van der Waals surface area contributed by atoms with Gasteiger partial charge in [-0.25, -0.2) is 0 Å². The number of nitrogens with two attached hydrogens (primary N) is 1. The van der Waals surface area contributed by atoms with Crippen LogP contribution in [-0.2, 0) is 35.2 Å². The monoisotopic (exact) mass is 908 g/mol. The smallest absolute Gasteiger partial charge is 0.251 e. The third-order valence-electron chi connectivity index (χ3n) is 11.5. The van der Waals surface area contributed by atoms with Crippen molar-refractivity contribution in [3.05, 3.63) is 107 Å². The third kappa shape index (κ3) is 11.6. The fraction of sp³-hybridized carbons (Fsp3) is 0.340. The van der Waals surface area contributed by atoms with E-state index in [1.54, 1.807) is 36.4 Å². The minimum absolute atomic E-state index is 0.0896. The number of rotatable bonds is 13. The first-order chi connectivity index (χ1) is 31.0. The average Bonchev–Trinajstić information content (AvgIpc) is 3.69. The maximum Gasteiger partial charge on any atom is 0.251 e. The SMILES string of the molecule is C[C@H](NC(=O)[C@@H]1Cc2ccc(O)c(c2)-c2cc(ccc2O)[C@H](N(C)C(=O)[C@H](CCCCN)NC(=O)c2ccc(-c3ccc(Cl)cc3)cc2)C(=O)N[C@@H](C)C(=O)N1)C(=O)N[C@H]1CCNC1=O. The first-order valence-corrected chi connectivity index (χ1v) is 21.7. The molecule has 4 bridgehead atoms. The molecule has 0 aliphatic carbocycles. The molecule has 2 aliphatic rings. The highest BCUT2D eigenvalue weighted by molar-refractivity contribution is 6.30. The van der Waals surface area contributed by atoms with Crippen molar-refractivity contribution < 1.29 is 43.8 Å². The van der Waals surface area contributed by atoms with E-state index in [0.717, 1.165) is 16.0 Å². The Hall–Kier alpha value is -6.98. The molecule has 0 spiro atoms. The lowest BCUT2D eigenvalue weighted by atomic mass is 9.93. The number of unbranched alkanes of at least 4 members (excludes halogenated alkanes) is 1. The van der Waals surface area contributed by atoms with Gasteiger partial charge in [-0.1, -0.05) is 48.0 Å². The molecule has 0 saturated carbocycles. The zero-order valence-electron chi connectivity index (χ0n) is 36.2. The molecule has 6 atom stereocenters. The minimum atomic E-state index is -1.46. The predicted octanol–water partition coefficient (Wildman–Crippen LogP) is 2.57. The number of halogens is 1. The van der Waals surface area contributed by atoms with E-state index >= 15 is 0 Å². The van der Waals surface area contributed by atoms with Crippen LogP contribution in [-0.4, -0.2) is 107 Å². The summed E-state index contributed by atoms with van der Waals surface area (Å²) in [7, 11) is 1.38. The number of fused-ring (bicyclic) bond motifs is 5. The standard InChI is InChI=1S/C47H53ClN8O9/c1-25(41(59)53-35-19-21-50-44(35)62)51-45(63)37-23-27-7-17-38(57)33(22-27)34-24-31(14-18-39(34)58)40(46(64)52-26(2)42(60)55-37)56(3)47(65)36(6-4-5-20-49)54-43(61)30-10-8-28(9-11-30)29-12-15-32(48)16-13-29/h7-18,22,24-26,35-37,40,57-58H,4-6,19-21,23,49H2,1-3H3,(H,50,62)(H,51,63)(H,52,64)(H,53,59)(H,54,61)(H,55,60)/t25-,26-,35-,36-,37-,40-/m0/s1. The van der Waals surface area contributed by atoms with Crippen LogP contribution in [0.2, 0.25) is 5.02 Å². The van der Waals surface area contributed by atoms with Crippen LogP contribution >= 0.6 is 11.6 Å². The summed E-state index contributed by atoms with van der Waals surface area (Å²) in [6.07, 6.45) is 1.41. The Kier molecular flexibility index (Phi) is 15.4. The van der Waals surface area contributed by atoms with Crippen LogP contribution in [0.5, 0.6) is 11.5 Å². The largest absolute Gasteiger partial charge is 0.507 e. The Morgan fingerprint density at radius 2 is 1.48 bits per heavy atom. The maximum atomic E-state index is 14.6. The second-order valence-electron chi connectivity index (χ2n) is 16.2. The van der Waals surface area contributed by atoms with Gasteiger partial charge in [-0.2, -0.15) is 0 Å². The van der Waals surface area contributed by atoms with Gasteiger partial charge in [0.05, 0.1) is 0 Å². The summed E-state index contributed by atoms with van der Waals surface area (Å²) in [5.74, 6) is -5.03. The molecular weight excluding hydrogens is 856 g/mol. The van der Waals surface area contributed by atoms with Crippen molar-refractivity contribution in [2.75, 3.05) is 20.1 Å². The summed E-state index contributed by atoms with van der Waals surface area (Å²) in [6, 6.07) is 15.6. The molecule has 0 aromatic heterocycles. The number of nitrogens with one attached hydrogen (secondary N) is 6. The normalized spacial score (nSPS) is 19.3. The number of carbonyl (C=O) groups excluding carboxylic acids is 7. The molecular formula is C47H53ClN8O9. The van der Waals surface area contributed by atoms with Crippen LogP contribution in [0.25, 0.3) is 22.3 Å². The van der Waals surface area contributed by atoms with Crippen molar-refractivity contribution in [1.82, 2.24) is 36.8 Å². The van der Waals surface area contributed by atoms with Crippen molar-refractivity contribution >= 4 is 53.0 Å². The molecule has 7 amide bonds. The molecule has 2 heterocycles. The number of hydrogen-bond acceptors (Lipinski definition) is 10. The van der Waals surface area contributed by atoms with Crippen LogP contribution in [0.3, 0.4) is 0 Å². The maximum absolute atomic E-state index is 14.6. The highest BCUT2D eigenvalue weighted by Crippen LogP contribution is 2.39. The molecule has 4 aromatic carbocycles. The Morgan fingerprint density at radius 1 is 0.831 bits per heavy atom. The summed E-state index contributed by atoms with van der Waals surface area (Å²) in [5, 5.41) is 38.8. The number of amides is 7. The third-order valence-corrected chi connectivity index (χ3v) is 11.7. The fourth-order valence-corrected chi connectivity index (χ4v) is 7.87. The number of phenols is 2.